The second-order valence-corrected chi connectivity index (χ2v) is 4.94. The number of anilines is 1. The van der Waals surface area contributed by atoms with Crippen LogP contribution in [0, 0.1) is 5.92 Å². The molecule has 1 atom stereocenters. The van der Waals surface area contributed by atoms with Crippen LogP contribution in [0.15, 0.2) is 24.3 Å². The molecule has 0 radical (unpaired) electrons. The summed E-state index contributed by atoms with van der Waals surface area (Å²) in [5.74, 6) is 2.21. The highest BCUT2D eigenvalue weighted by Crippen LogP contribution is 2.24. The number of hydrogen-bond acceptors (Lipinski definition) is 3. The number of amides is 1. The summed E-state index contributed by atoms with van der Waals surface area (Å²) in [4.78, 5) is 22.2. The highest BCUT2D eigenvalue weighted by Gasteiger charge is 2.22. The summed E-state index contributed by atoms with van der Waals surface area (Å²) >= 11 is 1.82. The van der Waals surface area contributed by atoms with Gasteiger partial charge < -0.3 is 5.32 Å². The van der Waals surface area contributed by atoms with Gasteiger partial charge in [-0.25, -0.2) is 0 Å². The molecule has 1 heterocycles. The quantitative estimate of drug-likeness (QED) is 0.817. The molecule has 1 aliphatic heterocycles. The van der Waals surface area contributed by atoms with Gasteiger partial charge in [-0.05, 0) is 36.4 Å². The van der Waals surface area contributed by atoms with Crippen LogP contribution in [0.4, 0.5) is 5.69 Å². The van der Waals surface area contributed by atoms with Gasteiger partial charge in [-0.2, -0.15) is 11.8 Å². The van der Waals surface area contributed by atoms with Gasteiger partial charge in [-0.15, -0.1) is 0 Å². The van der Waals surface area contributed by atoms with E-state index in [0.29, 0.717) is 5.56 Å². The third-order valence-corrected chi connectivity index (χ3v) is 3.78. The van der Waals surface area contributed by atoms with Crippen LogP contribution in [0.25, 0.3) is 0 Å². The fourth-order valence-electron chi connectivity index (χ4n) is 1.63. The van der Waals surface area contributed by atoms with E-state index in [4.69, 9.17) is 0 Å². The lowest BCUT2D eigenvalue weighted by atomic mass is 10.1. The van der Waals surface area contributed by atoms with Crippen molar-refractivity contribution in [3.05, 3.63) is 29.8 Å². The van der Waals surface area contributed by atoms with Gasteiger partial charge in [0, 0.05) is 22.9 Å². The lowest BCUT2D eigenvalue weighted by molar-refractivity contribution is -0.119. The summed E-state index contributed by atoms with van der Waals surface area (Å²) in [6.07, 6.45) is 1.75. The largest absolute Gasteiger partial charge is 0.326 e. The van der Waals surface area contributed by atoms with Gasteiger partial charge in [0.2, 0.25) is 5.91 Å². The minimum Gasteiger partial charge on any atom is -0.326 e. The molecule has 84 valence electrons. The van der Waals surface area contributed by atoms with Gasteiger partial charge in [0.05, 0.1) is 0 Å². The number of carbonyl (C=O) groups excluding carboxylic acids is 2. The van der Waals surface area contributed by atoms with Crippen molar-refractivity contribution in [1.29, 1.82) is 0 Å². The summed E-state index contributed by atoms with van der Waals surface area (Å²) in [5, 5.41) is 2.87. The van der Waals surface area contributed by atoms with Crippen LogP contribution in [-0.2, 0) is 4.79 Å². The first-order chi connectivity index (χ1) is 7.79. The Morgan fingerprint density at radius 2 is 2.12 bits per heavy atom. The fourth-order valence-corrected chi connectivity index (χ4v) is 2.85. The summed E-state index contributed by atoms with van der Waals surface area (Å²) in [5.41, 5.74) is 1.38. The van der Waals surface area contributed by atoms with Crippen molar-refractivity contribution in [3.8, 4) is 0 Å². The maximum atomic E-state index is 11.8. The molecule has 0 saturated carbocycles. The van der Waals surface area contributed by atoms with Crippen molar-refractivity contribution in [2.45, 2.75) is 6.42 Å². The molecular weight excluding hydrogens is 222 g/mol. The first-order valence-electron chi connectivity index (χ1n) is 5.23. The SMILES string of the molecule is O=Cc1ccc(NC(=O)C2CCSC2)cc1. The first-order valence-corrected chi connectivity index (χ1v) is 6.39. The molecule has 1 aliphatic rings. The third-order valence-electron chi connectivity index (χ3n) is 2.61. The van der Waals surface area contributed by atoms with E-state index in [1.165, 1.54) is 0 Å². The predicted molar refractivity (Wildman–Crippen MR) is 65.9 cm³/mol. The molecule has 1 fully saturated rings. The Kier molecular flexibility index (Phi) is 3.62. The lowest BCUT2D eigenvalue weighted by Crippen LogP contribution is -2.22. The fraction of sp³-hybridized carbons (Fsp3) is 0.333. The first kappa shape index (κ1) is 11.2. The summed E-state index contributed by atoms with van der Waals surface area (Å²) < 4.78 is 0. The van der Waals surface area contributed by atoms with Crippen LogP contribution in [-0.4, -0.2) is 23.7 Å². The Morgan fingerprint density at radius 1 is 1.38 bits per heavy atom. The Bertz CT molecular complexity index is 383. The van der Waals surface area contributed by atoms with Crippen LogP contribution >= 0.6 is 11.8 Å². The van der Waals surface area contributed by atoms with E-state index < -0.39 is 0 Å². The van der Waals surface area contributed by atoms with Crippen LogP contribution in [0.1, 0.15) is 16.8 Å². The van der Waals surface area contributed by atoms with E-state index >= 15 is 0 Å². The molecule has 1 unspecified atom stereocenters. The molecule has 16 heavy (non-hydrogen) atoms. The number of hydrogen-bond donors (Lipinski definition) is 1. The average Bonchev–Trinajstić information content (AvgIpc) is 2.83. The van der Waals surface area contributed by atoms with Crippen LogP contribution in [0.5, 0.6) is 0 Å². The molecule has 2 rings (SSSR count). The Morgan fingerprint density at radius 3 is 2.69 bits per heavy atom. The Balaban J connectivity index is 1.97. The van der Waals surface area contributed by atoms with E-state index in [1.54, 1.807) is 24.3 Å². The highest BCUT2D eigenvalue weighted by atomic mass is 32.2. The number of rotatable bonds is 3. The van der Waals surface area contributed by atoms with Gasteiger partial charge in [0.15, 0.2) is 0 Å². The number of aldehydes is 1. The number of carbonyl (C=O) groups is 2. The van der Waals surface area contributed by atoms with Gasteiger partial charge in [0.1, 0.15) is 6.29 Å². The number of thioether (sulfide) groups is 1. The summed E-state index contributed by atoms with van der Waals surface area (Å²) in [7, 11) is 0. The Labute approximate surface area is 98.6 Å². The van der Waals surface area contributed by atoms with E-state index in [-0.39, 0.29) is 11.8 Å². The van der Waals surface area contributed by atoms with Crippen molar-refractivity contribution in [1.82, 2.24) is 0 Å². The van der Waals surface area contributed by atoms with E-state index in [1.807, 2.05) is 11.8 Å². The molecule has 1 aromatic rings. The van der Waals surface area contributed by atoms with Gasteiger partial charge in [-0.1, -0.05) is 0 Å². The molecule has 0 aromatic heterocycles. The number of benzene rings is 1. The van der Waals surface area contributed by atoms with Crippen LogP contribution in [0.3, 0.4) is 0 Å². The normalized spacial score (nSPS) is 19.4. The molecular formula is C12H13NO2S. The maximum Gasteiger partial charge on any atom is 0.228 e. The monoisotopic (exact) mass is 235 g/mol. The zero-order valence-electron chi connectivity index (χ0n) is 8.81. The number of nitrogens with one attached hydrogen (secondary N) is 1. The maximum absolute atomic E-state index is 11.8. The van der Waals surface area contributed by atoms with E-state index in [2.05, 4.69) is 5.32 Å². The van der Waals surface area contributed by atoms with Crippen LogP contribution in [0.2, 0.25) is 0 Å². The molecule has 3 nitrogen and oxygen atoms in total. The van der Waals surface area contributed by atoms with Crippen molar-refractivity contribution < 1.29 is 9.59 Å². The summed E-state index contributed by atoms with van der Waals surface area (Å²) in [6.45, 7) is 0. The van der Waals surface area contributed by atoms with Crippen LogP contribution < -0.4 is 5.32 Å². The van der Waals surface area contributed by atoms with E-state index in [9.17, 15) is 9.59 Å². The zero-order valence-corrected chi connectivity index (χ0v) is 9.63. The molecule has 1 N–H and O–H groups in total. The zero-order chi connectivity index (χ0) is 11.4. The molecule has 4 heteroatoms. The molecule has 1 aromatic carbocycles. The van der Waals surface area contributed by atoms with Crippen molar-refractivity contribution in [2.75, 3.05) is 16.8 Å². The lowest BCUT2D eigenvalue weighted by Gasteiger charge is -2.09. The van der Waals surface area contributed by atoms with Crippen molar-refractivity contribution in [3.63, 3.8) is 0 Å². The smallest absolute Gasteiger partial charge is 0.228 e. The molecule has 0 spiro atoms. The predicted octanol–water partition coefficient (Wildman–Crippen LogP) is 2.19. The van der Waals surface area contributed by atoms with Crippen molar-refractivity contribution in [2.24, 2.45) is 5.92 Å². The van der Waals surface area contributed by atoms with E-state index in [0.717, 1.165) is 29.9 Å². The molecule has 0 aliphatic carbocycles. The summed E-state index contributed by atoms with van der Waals surface area (Å²) in [6, 6.07) is 6.91. The average molecular weight is 235 g/mol. The standard InChI is InChI=1S/C12H13NO2S/c14-7-9-1-3-11(4-2-9)13-12(15)10-5-6-16-8-10/h1-4,7,10H,5-6,8H2,(H,13,15). The second-order valence-electron chi connectivity index (χ2n) is 3.79. The van der Waals surface area contributed by atoms with Crippen molar-refractivity contribution >= 4 is 29.6 Å². The minimum atomic E-state index is 0.0869. The Hall–Kier alpha value is -1.29. The highest BCUT2D eigenvalue weighted by molar-refractivity contribution is 7.99. The minimum absolute atomic E-state index is 0.0869. The third kappa shape index (κ3) is 2.64. The van der Waals surface area contributed by atoms with Gasteiger partial charge in [-0.3, -0.25) is 9.59 Å². The topological polar surface area (TPSA) is 46.2 Å². The molecule has 1 saturated heterocycles. The molecule has 0 bridgehead atoms. The van der Waals surface area contributed by atoms with Gasteiger partial charge >= 0.3 is 0 Å². The molecule has 1 amide bonds. The van der Waals surface area contributed by atoms with Gasteiger partial charge in [0.25, 0.3) is 0 Å². The second kappa shape index (κ2) is 5.16.